The standard InChI is InChI=1S/C32H25BrCl3N3O4/c1-19-3-4-20(2)39(19)24-6-8-25(9-7-24)41-18-26-10-12-30(43-26)32(40)38-37-16-22-14-23(34)15-27(33)31(22)42-17-21-5-11-28(35)29(36)13-21/h3-16H,17-18H2,1-2H3,(H,38,40)/b37-16+. The van der Waals surface area contributed by atoms with Crippen LogP contribution in [-0.4, -0.2) is 16.7 Å². The van der Waals surface area contributed by atoms with Crippen molar-refractivity contribution in [3.63, 3.8) is 0 Å². The largest absolute Gasteiger partial charge is 0.487 e. The molecule has 0 saturated heterocycles. The molecule has 2 heterocycles. The van der Waals surface area contributed by atoms with Crippen LogP contribution in [0.25, 0.3) is 5.69 Å². The number of hydrogen-bond donors (Lipinski definition) is 1. The van der Waals surface area contributed by atoms with Crippen molar-refractivity contribution in [2.75, 3.05) is 0 Å². The third kappa shape index (κ3) is 7.64. The van der Waals surface area contributed by atoms with Gasteiger partial charge in [0.2, 0.25) is 0 Å². The van der Waals surface area contributed by atoms with E-state index in [2.05, 4.69) is 57.0 Å². The maximum absolute atomic E-state index is 12.7. The SMILES string of the molecule is Cc1ccc(C)n1-c1ccc(OCc2ccc(C(=O)N/N=C/c3cc(Cl)cc(Br)c3OCc3ccc(Cl)c(Cl)c3)o2)cc1. The number of ether oxygens (including phenoxy) is 2. The molecule has 5 rings (SSSR count). The molecular formula is C32H25BrCl3N3O4. The number of aromatic nitrogens is 1. The Balaban J connectivity index is 1.18. The Labute approximate surface area is 272 Å². The van der Waals surface area contributed by atoms with E-state index in [0.29, 0.717) is 42.4 Å². The minimum absolute atomic E-state index is 0.0908. The molecule has 7 nitrogen and oxygen atoms in total. The first-order chi connectivity index (χ1) is 20.7. The van der Waals surface area contributed by atoms with Crippen molar-refractivity contribution in [3.8, 4) is 17.2 Å². The maximum Gasteiger partial charge on any atom is 0.307 e. The van der Waals surface area contributed by atoms with Crippen LogP contribution in [0.15, 0.2) is 92.9 Å². The highest BCUT2D eigenvalue weighted by Crippen LogP contribution is 2.33. The van der Waals surface area contributed by atoms with E-state index in [4.69, 9.17) is 48.7 Å². The van der Waals surface area contributed by atoms with Crippen LogP contribution in [0.5, 0.6) is 11.5 Å². The Morgan fingerprint density at radius 1 is 0.907 bits per heavy atom. The molecule has 0 aliphatic heterocycles. The molecule has 0 bridgehead atoms. The fourth-order valence-corrected chi connectivity index (χ4v) is 5.60. The first-order valence-electron chi connectivity index (χ1n) is 13.0. The molecule has 0 saturated carbocycles. The minimum atomic E-state index is -0.524. The predicted octanol–water partition coefficient (Wildman–Crippen LogP) is 9.33. The summed E-state index contributed by atoms with van der Waals surface area (Å²) < 4.78 is 20.3. The van der Waals surface area contributed by atoms with Crippen LogP contribution in [-0.2, 0) is 13.2 Å². The van der Waals surface area contributed by atoms with Gasteiger partial charge in [-0.05, 0) is 108 Å². The average Bonchev–Trinajstić information content (AvgIpc) is 3.59. The summed E-state index contributed by atoms with van der Waals surface area (Å²) in [7, 11) is 0. The molecule has 3 aromatic carbocycles. The summed E-state index contributed by atoms with van der Waals surface area (Å²) in [4.78, 5) is 12.7. The molecule has 11 heteroatoms. The van der Waals surface area contributed by atoms with Crippen molar-refractivity contribution >= 4 is 62.9 Å². The van der Waals surface area contributed by atoms with Crippen molar-refractivity contribution < 1.29 is 18.7 Å². The van der Waals surface area contributed by atoms with E-state index >= 15 is 0 Å². The van der Waals surface area contributed by atoms with Crippen molar-refractivity contribution in [2.24, 2.45) is 5.10 Å². The Hall–Kier alpha value is -3.69. The number of carbonyl (C=O) groups is 1. The number of rotatable bonds is 10. The number of furan rings is 1. The number of hydrogen-bond acceptors (Lipinski definition) is 5. The molecule has 1 amide bonds. The van der Waals surface area contributed by atoms with Crippen molar-refractivity contribution in [3.05, 3.63) is 132 Å². The van der Waals surface area contributed by atoms with Crippen molar-refractivity contribution in [2.45, 2.75) is 27.1 Å². The molecule has 0 aliphatic rings. The van der Waals surface area contributed by atoms with E-state index in [1.54, 1.807) is 36.4 Å². The van der Waals surface area contributed by atoms with Crippen LogP contribution < -0.4 is 14.9 Å². The predicted molar refractivity (Wildman–Crippen MR) is 173 cm³/mol. The Morgan fingerprint density at radius 3 is 2.37 bits per heavy atom. The second-order valence-electron chi connectivity index (χ2n) is 9.54. The summed E-state index contributed by atoms with van der Waals surface area (Å²) in [5.74, 6) is 1.23. The quantitative estimate of drug-likeness (QED) is 0.116. The molecule has 5 aromatic rings. The van der Waals surface area contributed by atoms with Crippen LogP contribution in [0, 0.1) is 13.8 Å². The summed E-state index contributed by atoms with van der Waals surface area (Å²) in [5.41, 5.74) is 7.20. The molecule has 0 atom stereocenters. The van der Waals surface area contributed by atoms with Gasteiger partial charge >= 0.3 is 5.91 Å². The molecule has 220 valence electrons. The number of carbonyl (C=O) groups excluding carboxylic acids is 1. The molecule has 0 spiro atoms. The lowest BCUT2D eigenvalue weighted by atomic mass is 10.2. The molecular weight excluding hydrogens is 677 g/mol. The van der Waals surface area contributed by atoms with Gasteiger partial charge in [0.1, 0.15) is 30.5 Å². The monoisotopic (exact) mass is 699 g/mol. The van der Waals surface area contributed by atoms with E-state index in [1.807, 2.05) is 30.3 Å². The maximum atomic E-state index is 12.7. The summed E-state index contributed by atoms with van der Waals surface area (Å²) >= 11 is 21.8. The fraction of sp³-hybridized carbons (Fsp3) is 0.125. The van der Waals surface area contributed by atoms with Gasteiger partial charge < -0.3 is 18.5 Å². The lowest BCUT2D eigenvalue weighted by molar-refractivity contribution is 0.0923. The number of benzene rings is 3. The van der Waals surface area contributed by atoms with E-state index in [-0.39, 0.29) is 19.0 Å². The third-order valence-corrected chi connectivity index (χ3v) is 7.95. The van der Waals surface area contributed by atoms with Crippen LogP contribution >= 0.6 is 50.7 Å². The number of nitrogens with one attached hydrogen (secondary N) is 1. The second-order valence-corrected chi connectivity index (χ2v) is 11.6. The zero-order valence-electron chi connectivity index (χ0n) is 23.0. The van der Waals surface area contributed by atoms with Gasteiger partial charge in [-0.1, -0.05) is 40.9 Å². The summed E-state index contributed by atoms with van der Waals surface area (Å²) in [6.07, 6.45) is 1.44. The number of nitrogens with zero attached hydrogens (tertiary/aromatic N) is 2. The van der Waals surface area contributed by atoms with Crippen LogP contribution in [0.4, 0.5) is 0 Å². The molecule has 0 fully saturated rings. The van der Waals surface area contributed by atoms with Crippen molar-refractivity contribution in [1.29, 1.82) is 0 Å². The molecule has 0 unspecified atom stereocenters. The Bertz CT molecular complexity index is 1780. The zero-order valence-corrected chi connectivity index (χ0v) is 26.9. The number of halogens is 4. The second kappa shape index (κ2) is 13.7. The van der Waals surface area contributed by atoms with Gasteiger partial charge in [0.15, 0.2) is 5.76 Å². The normalized spacial score (nSPS) is 11.2. The highest BCUT2D eigenvalue weighted by Gasteiger charge is 2.13. The first kappa shape index (κ1) is 30.8. The van der Waals surface area contributed by atoms with E-state index in [9.17, 15) is 4.79 Å². The van der Waals surface area contributed by atoms with Crippen LogP contribution in [0.1, 0.15) is 38.8 Å². The average molecular weight is 702 g/mol. The first-order valence-corrected chi connectivity index (χ1v) is 15.0. The van der Waals surface area contributed by atoms with Gasteiger partial charge in [0, 0.05) is 27.7 Å². The molecule has 0 aliphatic carbocycles. The molecule has 1 N–H and O–H groups in total. The molecule has 2 aromatic heterocycles. The van der Waals surface area contributed by atoms with Gasteiger partial charge in [0.25, 0.3) is 0 Å². The van der Waals surface area contributed by atoms with Gasteiger partial charge in [-0.2, -0.15) is 5.10 Å². The number of hydrazone groups is 1. The lowest BCUT2D eigenvalue weighted by Crippen LogP contribution is -2.17. The highest BCUT2D eigenvalue weighted by atomic mass is 79.9. The van der Waals surface area contributed by atoms with Gasteiger partial charge in [-0.15, -0.1) is 0 Å². The summed E-state index contributed by atoms with van der Waals surface area (Å²) in [5, 5.41) is 5.42. The third-order valence-electron chi connectivity index (χ3n) is 6.41. The van der Waals surface area contributed by atoms with Crippen LogP contribution in [0.2, 0.25) is 15.1 Å². The van der Waals surface area contributed by atoms with Gasteiger partial charge in [0.05, 0.1) is 20.7 Å². The Kier molecular flexibility index (Phi) is 9.82. The van der Waals surface area contributed by atoms with E-state index in [0.717, 1.165) is 22.6 Å². The smallest absolute Gasteiger partial charge is 0.307 e. The van der Waals surface area contributed by atoms with Gasteiger partial charge in [-0.3, -0.25) is 4.79 Å². The fourth-order valence-electron chi connectivity index (χ4n) is 4.33. The number of amides is 1. The topological polar surface area (TPSA) is 78.0 Å². The Morgan fingerprint density at radius 2 is 1.65 bits per heavy atom. The molecule has 43 heavy (non-hydrogen) atoms. The van der Waals surface area contributed by atoms with Crippen LogP contribution in [0.3, 0.4) is 0 Å². The minimum Gasteiger partial charge on any atom is -0.487 e. The zero-order chi connectivity index (χ0) is 30.5. The van der Waals surface area contributed by atoms with Gasteiger partial charge in [-0.25, -0.2) is 5.43 Å². The van der Waals surface area contributed by atoms with E-state index in [1.165, 1.54) is 6.21 Å². The van der Waals surface area contributed by atoms with E-state index < -0.39 is 5.91 Å². The highest BCUT2D eigenvalue weighted by molar-refractivity contribution is 9.10. The lowest BCUT2D eigenvalue weighted by Gasteiger charge is -2.12. The molecule has 0 radical (unpaired) electrons. The summed E-state index contributed by atoms with van der Waals surface area (Å²) in [6.45, 7) is 4.51. The number of aryl methyl sites for hydroxylation is 2. The summed E-state index contributed by atoms with van der Waals surface area (Å²) in [6, 6.07) is 23.8. The van der Waals surface area contributed by atoms with Crippen molar-refractivity contribution in [1.82, 2.24) is 9.99 Å².